The summed E-state index contributed by atoms with van der Waals surface area (Å²) in [4.78, 5) is 16.2. The Morgan fingerprint density at radius 2 is 1.51 bits per heavy atom. The summed E-state index contributed by atoms with van der Waals surface area (Å²) in [5.41, 5.74) is 4.16. The lowest BCUT2D eigenvalue weighted by molar-refractivity contribution is 0.0730. The molecule has 0 aliphatic carbocycles. The van der Waals surface area contributed by atoms with Gasteiger partial charge in [-0.25, -0.2) is 8.42 Å². The van der Waals surface area contributed by atoms with Crippen LogP contribution in [-0.4, -0.2) is 58.0 Å². The summed E-state index contributed by atoms with van der Waals surface area (Å²) < 4.78 is 33.5. The molecule has 2 fully saturated rings. The highest BCUT2D eigenvalue weighted by molar-refractivity contribution is 7.89. The van der Waals surface area contributed by atoms with E-state index in [2.05, 4.69) is 37.9 Å². The second-order valence-electron chi connectivity index (χ2n) is 9.96. The average Bonchev–Trinajstić information content (AvgIpc) is 3.39. The van der Waals surface area contributed by atoms with Crippen molar-refractivity contribution in [3.63, 3.8) is 0 Å². The van der Waals surface area contributed by atoms with Crippen LogP contribution in [0.15, 0.2) is 41.3 Å². The fourth-order valence-corrected chi connectivity index (χ4v) is 6.34. The lowest BCUT2D eigenvalue weighted by Crippen LogP contribution is -2.40. The molecule has 0 spiro atoms. The van der Waals surface area contributed by atoms with Gasteiger partial charge in [-0.15, -0.1) is 0 Å². The third-order valence-electron chi connectivity index (χ3n) is 6.88. The number of nitrogens with zero attached hydrogens (tertiary/aromatic N) is 2. The van der Waals surface area contributed by atoms with Gasteiger partial charge >= 0.3 is 0 Å². The molecule has 1 N–H and O–H groups in total. The highest BCUT2D eigenvalue weighted by atomic mass is 32.2. The summed E-state index contributed by atoms with van der Waals surface area (Å²) in [7, 11) is -3.72. The third-order valence-corrected chi connectivity index (χ3v) is 8.77. The number of hydrogen-bond donors (Lipinski definition) is 1. The number of benzene rings is 2. The SMILES string of the molecule is CC(C)c1cccc(C(C)C)c1NC(=O)c1cc(S(=O)(=O)N2CCOCC2)ccc1N1CCCC1. The number of para-hydroxylation sites is 1. The normalized spacial score (nSPS) is 17.4. The Labute approximate surface area is 209 Å². The molecule has 2 saturated heterocycles. The molecule has 0 unspecified atom stereocenters. The minimum absolute atomic E-state index is 0.147. The van der Waals surface area contributed by atoms with Gasteiger partial charge in [0.25, 0.3) is 5.91 Å². The Kier molecular flexibility index (Phi) is 7.83. The Bertz CT molecular complexity index is 1140. The Balaban J connectivity index is 1.76. The second-order valence-corrected chi connectivity index (χ2v) is 11.9. The van der Waals surface area contributed by atoms with Gasteiger partial charge in [0.15, 0.2) is 0 Å². The molecule has 2 heterocycles. The molecule has 190 valence electrons. The minimum atomic E-state index is -3.72. The monoisotopic (exact) mass is 499 g/mol. The van der Waals surface area contributed by atoms with Gasteiger partial charge in [0.05, 0.1) is 23.7 Å². The first-order valence-electron chi connectivity index (χ1n) is 12.6. The van der Waals surface area contributed by atoms with E-state index in [1.54, 1.807) is 18.2 Å². The van der Waals surface area contributed by atoms with Gasteiger partial charge in [0.1, 0.15) is 0 Å². The van der Waals surface area contributed by atoms with Crippen LogP contribution in [0.5, 0.6) is 0 Å². The van der Waals surface area contributed by atoms with Crippen molar-refractivity contribution >= 4 is 27.3 Å². The third kappa shape index (κ3) is 5.39. The van der Waals surface area contributed by atoms with Crippen LogP contribution in [0.25, 0.3) is 0 Å². The highest BCUT2D eigenvalue weighted by Gasteiger charge is 2.29. The van der Waals surface area contributed by atoms with E-state index >= 15 is 0 Å². The number of amides is 1. The maximum atomic E-state index is 13.8. The summed E-state index contributed by atoms with van der Waals surface area (Å²) in [5, 5.41) is 3.19. The Hall–Kier alpha value is -2.42. The standard InChI is InChI=1S/C27H37N3O4S/c1-19(2)22-8-7-9-23(20(3)4)26(22)28-27(31)24-18-21(10-11-25(24)29-12-5-6-13-29)35(32,33)30-14-16-34-17-15-30/h7-11,18-20H,5-6,12-17H2,1-4H3,(H,28,31). The quantitative estimate of drug-likeness (QED) is 0.592. The van der Waals surface area contributed by atoms with Crippen molar-refractivity contribution in [3.05, 3.63) is 53.1 Å². The lowest BCUT2D eigenvalue weighted by atomic mass is 9.92. The van der Waals surface area contributed by atoms with E-state index in [0.29, 0.717) is 31.9 Å². The summed E-state index contributed by atoms with van der Waals surface area (Å²) in [6.45, 7) is 11.5. The van der Waals surface area contributed by atoms with Crippen molar-refractivity contribution in [3.8, 4) is 0 Å². The van der Waals surface area contributed by atoms with Crippen molar-refractivity contribution < 1.29 is 17.9 Å². The Morgan fingerprint density at radius 3 is 2.09 bits per heavy atom. The molecule has 7 nitrogen and oxygen atoms in total. The molecule has 4 rings (SSSR count). The maximum Gasteiger partial charge on any atom is 0.257 e. The van der Waals surface area contributed by atoms with Crippen LogP contribution in [-0.2, 0) is 14.8 Å². The molecule has 2 aliphatic heterocycles. The molecule has 1 amide bonds. The smallest absolute Gasteiger partial charge is 0.257 e. The van der Waals surface area contributed by atoms with Crippen LogP contribution in [0, 0.1) is 0 Å². The molecular weight excluding hydrogens is 462 g/mol. The zero-order valence-corrected chi connectivity index (χ0v) is 22.0. The number of hydrogen-bond acceptors (Lipinski definition) is 5. The molecule has 0 aromatic heterocycles. The van der Waals surface area contributed by atoms with E-state index < -0.39 is 10.0 Å². The molecule has 2 aliphatic rings. The summed E-state index contributed by atoms with van der Waals surface area (Å²) in [5.74, 6) is 0.186. The molecule has 35 heavy (non-hydrogen) atoms. The van der Waals surface area contributed by atoms with Crippen molar-refractivity contribution in [1.29, 1.82) is 0 Å². The van der Waals surface area contributed by atoms with Gasteiger partial charge in [-0.05, 0) is 54.0 Å². The average molecular weight is 500 g/mol. The maximum absolute atomic E-state index is 13.8. The van der Waals surface area contributed by atoms with Crippen LogP contribution in [0.4, 0.5) is 11.4 Å². The molecule has 0 radical (unpaired) electrons. The molecular formula is C27H37N3O4S. The molecule has 8 heteroatoms. The fraction of sp³-hybridized carbons (Fsp3) is 0.519. The van der Waals surface area contributed by atoms with Crippen molar-refractivity contribution in [2.24, 2.45) is 0 Å². The molecule has 2 aromatic carbocycles. The Morgan fingerprint density at radius 1 is 0.914 bits per heavy atom. The van der Waals surface area contributed by atoms with Crippen LogP contribution >= 0.6 is 0 Å². The van der Waals surface area contributed by atoms with Crippen LogP contribution in [0.1, 0.15) is 73.9 Å². The number of rotatable bonds is 7. The van der Waals surface area contributed by atoms with E-state index in [0.717, 1.165) is 48.4 Å². The first-order chi connectivity index (χ1) is 16.7. The molecule has 0 bridgehead atoms. The van der Waals surface area contributed by atoms with Gasteiger partial charge in [0.2, 0.25) is 10.0 Å². The van der Waals surface area contributed by atoms with Gasteiger partial charge in [-0.3, -0.25) is 4.79 Å². The number of nitrogens with one attached hydrogen (secondary N) is 1. The van der Waals surface area contributed by atoms with E-state index in [-0.39, 0.29) is 22.6 Å². The van der Waals surface area contributed by atoms with Gasteiger partial charge in [-0.2, -0.15) is 4.31 Å². The summed E-state index contributed by atoms with van der Waals surface area (Å²) in [6.07, 6.45) is 2.12. The van der Waals surface area contributed by atoms with Crippen LogP contribution < -0.4 is 10.2 Å². The van der Waals surface area contributed by atoms with E-state index in [1.165, 1.54) is 4.31 Å². The van der Waals surface area contributed by atoms with Crippen molar-refractivity contribution in [2.45, 2.75) is 57.3 Å². The van der Waals surface area contributed by atoms with Crippen LogP contribution in [0.2, 0.25) is 0 Å². The van der Waals surface area contributed by atoms with E-state index in [4.69, 9.17) is 4.74 Å². The molecule has 0 atom stereocenters. The van der Waals surface area contributed by atoms with Gasteiger partial charge in [-0.1, -0.05) is 45.9 Å². The topological polar surface area (TPSA) is 79.0 Å². The molecule has 0 saturated carbocycles. The summed E-state index contributed by atoms with van der Waals surface area (Å²) in [6, 6.07) is 11.1. The predicted molar refractivity (Wildman–Crippen MR) is 140 cm³/mol. The van der Waals surface area contributed by atoms with Gasteiger partial charge in [0, 0.05) is 37.6 Å². The second kappa shape index (κ2) is 10.7. The number of sulfonamides is 1. The number of morpholine rings is 1. The highest BCUT2D eigenvalue weighted by Crippen LogP contribution is 2.34. The lowest BCUT2D eigenvalue weighted by Gasteiger charge is -2.27. The number of ether oxygens (including phenoxy) is 1. The van der Waals surface area contributed by atoms with Gasteiger partial charge < -0.3 is 15.0 Å². The first-order valence-corrected chi connectivity index (χ1v) is 14.0. The number of anilines is 2. The number of carbonyl (C=O) groups is 1. The zero-order valence-electron chi connectivity index (χ0n) is 21.2. The zero-order chi connectivity index (χ0) is 25.2. The van der Waals surface area contributed by atoms with E-state index in [1.807, 2.05) is 18.2 Å². The van der Waals surface area contributed by atoms with E-state index in [9.17, 15) is 13.2 Å². The first kappa shape index (κ1) is 25.7. The fourth-order valence-electron chi connectivity index (χ4n) is 4.90. The molecule has 2 aromatic rings. The predicted octanol–water partition coefficient (Wildman–Crippen LogP) is 4.81. The number of carbonyl (C=O) groups excluding carboxylic acids is 1. The minimum Gasteiger partial charge on any atom is -0.379 e. The van der Waals surface area contributed by atoms with Crippen molar-refractivity contribution in [2.75, 3.05) is 49.6 Å². The summed E-state index contributed by atoms with van der Waals surface area (Å²) >= 11 is 0. The largest absolute Gasteiger partial charge is 0.379 e. The van der Waals surface area contributed by atoms with Crippen molar-refractivity contribution in [1.82, 2.24) is 4.31 Å². The van der Waals surface area contributed by atoms with Crippen LogP contribution in [0.3, 0.4) is 0 Å².